The molecule has 0 saturated carbocycles. The van der Waals surface area contributed by atoms with E-state index in [4.69, 9.17) is 31.8 Å². The van der Waals surface area contributed by atoms with Gasteiger partial charge in [0.15, 0.2) is 5.88 Å². The van der Waals surface area contributed by atoms with E-state index in [0.717, 1.165) is 33.4 Å². The number of pyridine rings is 1. The number of nitrogens with one attached hydrogen (secondary N) is 1. The van der Waals surface area contributed by atoms with Gasteiger partial charge in [0, 0.05) is 47.0 Å². The number of nitrogens with two attached hydrogens (primary N) is 1. The number of hydrogen-bond donors (Lipinski definition) is 3. The van der Waals surface area contributed by atoms with E-state index in [9.17, 15) is 9.32 Å². The van der Waals surface area contributed by atoms with Gasteiger partial charge in [0.25, 0.3) is 0 Å². The number of ether oxygens (including phenoxy) is 2. The van der Waals surface area contributed by atoms with E-state index in [1.165, 1.54) is 0 Å². The minimum absolute atomic E-state index is 0.00417. The molecule has 7 nitrogen and oxygen atoms in total. The molecule has 2 aromatic heterocycles. The van der Waals surface area contributed by atoms with Crippen molar-refractivity contribution in [2.24, 2.45) is 0 Å². The molecule has 35 heavy (non-hydrogen) atoms. The number of halogens is 1. The minimum Gasteiger partial charge on any atom is -0.473 e. The SMILES string of the molecule is CS(C)=O.Nc1ccc(-c2ccc(-c3nc4cc(O[C@@H]5COC(CO)C5)[nH]c4cc3Cl)cc2)cc1. The van der Waals surface area contributed by atoms with Gasteiger partial charge in [0.05, 0.1) is 41.1 Å². The Morgan fingerprint density at radius 3 is 2.31 bits per heavy atom. The van der Waals surface area contributed by atoms with Crippen LogP contribution in [0.1, 0.15) is 6.42 Å². The highest BCUT2D eigenvalue weighted by Crippen LogP contribution is 2.33. The first-order chi connectivity index (χ1) is 16.8. The molecule has 0 bridgehead atoms. The molecule has 0 radical (unpaired) electrons. The Morgan fingerprint density at radius 2 is 1.71 bits per heavy atom. The van der Waals surface area contributed by atoms with Gasteiger partial charge in [-0.2, -0.15) is 0 Å². The molecule has 0 spiro atoms. The van der Waals surface area contributed by atoms with Gasteiger partial charge >= 0.3 is 0 Å². The number of rotatable bonds is 5. The quantitative estimate of drug-likeness (QED) is 0.335. The van der Waals surface area contributed by atoms with Gasteiger partial charge in [-0.05, 0) is 29.3 Å². The van der Waals surface area contributed by atoms with Crippen LogP contribution in [0.2, 0.25) is 5.02 Å². The first-order valence-corrected chi connectivity index (χ1v) is 13.5. The van der Waals surface area contributed by atoms with Crippen LogP contribution in [-0.4, -0.2) is 57.2 Å². The first kappa shape index (κ1) is 25.2. The standard InChI is InChI=1S/C24H22ClN3O3.C2H6OS/c25-20-10-21-22(11-23(27-21)31-19-9-18(12-29)30-13-19)28-24(20)16-3-1-14(2-4-16)15-5-7-17(26)8-6-15;1-4(2)3/h1-8,10-11,18-19,27,29H,9,12-13,26H2;1-2H3/t18?,19-;/m0./s1. The number of benzene rings is 2. The fourth-order valence-corrected chi connectivity index (χ4v) is 4.09. The van der Waals surface area contributed by atoms with Gasteiger partial charge in [-0.25, -0.2) is 4.98 Å². The maximum Gasteiger partial charge on any atom is 0.193 e. The number of nitrogens with zero attached hydrogens (tertiary/aromatic N) is 1. The maximum atomic E-state index is 9.56. The molecule has 9 heteroatoms. The van der Waals surface area contributed by atoms with Crippen molar-refractivity contribution < 1.29 is 18.8 Å². The van der Waals surface area contributed by atoms with Gasteiger partial charge in [-0.1, -0.05) is 48.0 Å². The molecule has 4 aromatic rings. The summed E-state index contributed by atoms with van der Waals surface area (Å²) in [6.45, 7) is 0.463. The molecule has 0 aliphatic carbocycles. The third kappa shape index (κ3) is 6.41. The molecule has 2 aromatic carbocycles. The summed E-state index contributed by atoms with van der Waals surface area (Å²) in [4.78, 5) is 7.97. The molecule has 1 aliphatic heterocycles. The van der Waals surface area contributed by atoms with Crippen LogP contribution in [0.3, 0.4) is 0 Å². The highest BCUT2D eigenvalue weighted by atomic mass is 35.5. The largest absolute Gasteiger partial charge is 0.473 e. The Hall–Kier alpha value is -2.91. The van der Waals surface area contributed by atoms with Crippen molar-refractivity contribution in [3.05, 3.63) is 65.7 Å². The third-order valence-corrected chi connectivity index (χ3v) is 5.76. The summed E-state index contributed by atoms with van der Waals surface area (Å²) in [7, 11) is -0.611. The van der Waals surface area contributed by atoms with Crippen molar-refractivity contribution in [1.29, 1.82) is 0 Å². The average Bonchev–Trinajstić information content (AvgIpc) is 3.45. The summed E-state index contributed by atoms with van der Waals surface area (Å²) in [5, 5.41) is 9.77. The first-order valence-electron chi connectivity index (χ1n) is 11.1. The lowest BCUT2D eigenvalue weighted by Gasteiger charge is -2.09. The van der Waals surface area contributed by atoms with E-state index in [1.807, 2.05) is 60.7 Å². The summed E-state index contributed by atoms with van der Waals surface area (Å²) in [5.74, 6) is 0.613. The fourth-order valence-electron chi connectivity index (χ4n) is 3.83. The topological polar surface area (TPSA) is 110 Å². The number of anilines is 1. The molecule has 4 N–H and O–H groups in total. The fraction of sp³-hybridized carbons (Fsp3) is 0.269. The van der Waals surface area contributed by atoms with Crippen LogP contribution in [0, 0.1) is 0 Å². The second-order valence-corrected chi connectivity index (χ2v) is 10.3. The predicted molar refractivity (Wildman–Crippen MR) is 142 cm³/mol. The van der Waals surface area contributed by atoms with Crippen molar-refractivity contribution in [1.82, 2.24) is 9.97 Å². The van der Waals surface area contributed by atoms with E-state index in [2.05, 4.69) is 4.98 Å². The van der Waals surface area contributed by atoms with Gasteiger partial charge < -0.3 is 25.3 Å². The molecule has 1 fully saturated rings. The van der Waals surface area contributed by atoms with E-state index < -0.39 is 10.8 Å². The van der Waals surface area contributed by atoms with Crippen LogP contribution in [0.4, 0.5) is 5.69 Å². The smallest absolute Gasteiger partial charge is 0.193 e. The predicted octanol–water partition coefficient (Wildman–Crippen LogP) is 4.66. The summed E-state index contributed by atoms with van der Waals surface area (Å²) in [6, 6.07) is 19.6. The van der Waals surface area contributed by atoms with Crippen LogP contribution in [-0.2, 0) is 15.5 Å². The van der Waals surface area contributed by atoms with E-state index in [-0.39, 0.29) is 18.8 Å². The van der Waals surface area contributed by atoms with Gasteiger partial charge in [-0.3, -0.25) is 4.21 Å². The van der Waals surface area contributed by atoms with E-state index in [0.29, 0.717) is 29.6 Å². The second kappa shape index (κ2) is 11.2. The van der Waals surface area contributed by atoms with Crippen LogP contribution >= 0.6 is 11.6 Å². The van der Waals surface area contributed by atoms with E-state index in [1.54, 1.807) is 12.5 Å². The van der Waals surface area contributed by atoms with E-state index >= 15 is 0 Å². The van der Waals surface area contributed by atoms with Crippen molar-refractivity contribution >= 4 is 39.1 Å². The molecule has 1 aliphatic rings. The number of H-pyrrole nitrogens is 1. The second-order valence-electron chi connectivity index (χ2n) is 8.44. The van der Waals surface area contributed by atoms with Gasteiger partial charge in [0.2, 0.25) is 0 Å². The summed E-state index contributed by atoms with van der Waals surface area (Å²) in [6.07, 6.45) is 3.68. The molecule has 184 valence electrons. The Bertz CT molecular complexity index is 1300. The molecule has 0 amide bonds. The monoisotopic (exact) mass is 513 g/mol. The maximum absolute atomic E-state index is 9.56. The molecule has 1 unspecified atom stereocenters. The number of fused-ring (bicyclic) bond motifs is 1. The lowest BCUT2D eigenvalue weighted by molar-refractivity contribution is 0.0531. The molecule has 3 heterocycles. The van der Waals surface area contributed by atoms with Crippen molar-refractivity contribution in [2.45, 2.75) is 18.6 Å². The van der Waals surface area contributed by atoms with Gasteiger partial charge in [-0.15, -0.1) is 0 Å². The van der Waals surface area contributed by atoms with Crippen molar-refractivity contribution in [3.8, 4) is 28.3 Å². The number of hydrogen-bond acceptors (Lipinski definition) is 6. The zero-order valence-corrected chi connectivity index (χ0v) is 21.1. The molecular weight excluding hydrogens is 486 g/mol. The number of aliphatic hydroxyl groups excluding tert-OH is 1. The Morgan fingerprint density at radius 1 is 1.11 bits per heavy atom. The summed E-state index contributed by atoms with van der Waals surface area (Å²) >= 11 is 6.54. The third-order valence-electron chi connectivity index (χ3n) is 5.47. The zero-order chi connectivity index (χ0) is 24.9. The number of aromatic nitrogens is 2. The van der Waals surface area contributed by atoms with Crippen LogP contribution < -0.4 is 10.5 Å². The molecular formula is C26H28ClN3O4S. The van der Waals surface area contributed by atoms with Crippen molar-refractivity contribution in [2.75, 3.05) is 31.5 Å². The summed E-state index contributed by atoms with van der Waals surface area (Å²) in [5.41, 5.74) is 11.9. The highest BCUT2D eigenvalue weighted by Gasteiger charge is 2.27. The highest BCUT2D eigenvalue weighted by molar-refractivity contribution is 7.83. The van der Waals surface area contributed by atoms with Gasteiger partial charge in [0.1, 0.15) is 6.10 Å². The molecule has 1 saturated heterocycles. The minimum atomic E-state index is -0.611. The Labute approximate surface area is 211 Å². The molecule has 2 atom stereocenters. The molecule has 5 rings (SSSR count). The number of aliphatic hydroxyl groups is 1. The number of aromatic amines is 1. The Kier molecular flexibility index (Phi) is 8.07. The number of nitrogen functional groups attached to an aromatic ring is 1. The zero-order valence-electron chi connectivity index (χ0n) is 19.5. The lowest BCUT2D eigenvalue weighted by Crippen LogP contribution is -2.17. The summed E-state index contributed by atoms with van der Waals surface area (Å²) < 4.78 is 21.0. The van der Waals surface area contributed by atoms with Crippen LogP contribution in [0.5, 0.6) is 5.88 Å². The van der Waals surface area contributed by atoms with Crippen molar-refractivity contribution in [3.63, 3.8) is 0 Å². The lowest BCUT2D eigenvalue weighted by atomic mass is 10.0. The van der Waals surface area contributed by atoms with Crippen LogP contribution in [0.25, 0.3) is 33.4 Å². The normalized spacial score (nSPS) is 17.4. The Balaban J connectivity index is 0.000000672. The average molecular weight is 514 g/mol. The van der Waals surface area contributed by atoms with Crippen LogP contribution in [0.15, 0.2) is 60.7 Å².